The predicted octanol–water partition coefficient (Wildman–Crippen LogP) is 7.59. The normalized spacial score (nSPS) is 11.5. The number of nitrogens with zero attached hydrogens (tertiary/aromatic N) is 2. The second-order valence-corrected chi connectivity index (χ2v) is 10.4. The quantitative estimate of drug-likeness (QED) is 0.234. The summed E-state index contributed by atoms with van der Waals surface area (Å²) in [6.45, 7) is 0. The summed E-state index contributed by atoms with van der Waals surface area (Å²) in [5, 5.41) is 3.65. The van der Waals surface area contributed by atoms with E-state index in [4.69, 9.17) is 14.4 Å². The first-order valence-electron chi connectivity index (χ1n) is 11.2. The van der Waals surface area contributed by atoms with Crippen molar-refractivity contribution < 1.29 is 4.42 Å². The molecule has 160 valence electrons. The molecule has 4 heteroatoms. The third-order valence-corrected chi connectivity index (χ3v) is 8.34. The van der Waals surface area contributed by atoms with Gasteiger partial charge in [0.05, 0.1) is 0 Å². The van der Waals surface area contributed by atoms with Gasteiger partial charge in [-0.2, -0.15) is 0 Å². The van der Waals surface area contributed by atoms with Crippen LogP contribution in [0.15, 0.2) is 114 Å². The number of aromatic nitrogens is 2. The first-order chi connectivity index (χ1) is 16.8. The molecule has 3 nitrogen and oxygen atoms in total. The molecule has 4 aromatic carbocycles. The molecule has 0 aliphatic rings. The van der Waals surface area contributed by atoms with Crippen molar-refractivity contribution in [2.75, 3.05) is 0 Å². The molecule has 3 aromatic heterocycles. The van der Waals surface area contributed by atoms with Crippen molar-refractivity contribution in [3.63, 3.8) is 0 Å². The van der Waals surface area contributed by atoms with Crippen LogP contribution in [-0.4, -0.2) is 24.5 Å². The van der Waals surface area contributed by atoms with E-state index in [1.54, 1.807) is 0 Å². The molecule has 0 bridgehead atoms. The van der Waals surface area contributed by atoms with E-state index in [0.29, 0.717) is 5.82 Å². The zero-order valence-electron chi connectivity index (χ0n) is 18.1. The zero-order chi connectivity index (χ0) is 22.5. The van der Waals surface area contributed by atoms with Gasteiger partial charge in [-0.1, -0.05) is 0 Å². The number of hydrogen-bond acceptors (Lipinski definition) is 3. The monoisotopic (exact) mass is 502 g/mol. The summed E-state index contributed by atoms with van der Waals surface area (Å²) in [6, 6.07) is 37.6. The Labute approximate surface area is 202 Å². The standard InChI is InChI=1S/C30H18N2OSe/c1-3-9-19(10-4-1)24-18-25(20-11-5-2-6-12-20)32-29(31-24)21-15-16-26-23(17-21)28-22-13-7-8-14-27(22)34-30(28)33-26/h1-18H. The molecular formula is C30H18N2OSe. The van der Waals surface area contributed by atoms with E-state index < -0.39 is 0 Å². The van der Waals surface area contributed by atoms with E-state index in [2.05, 4.69) is 72.8 Å². The fourth-order valence-corrected chi connectivity index (χ4v) is 6.76. The number of rotatable bonds is 3. The van der Waals surface area contributed by atoms with Crippen molar-refractivity contribution in [3.05, 3.63) is 109 Å². The minimum absolute atomic E-state index is 0.204. The van der Waals surface area contributed by atoms with E-state index >= 15 is 0 Å². The van der Waals surface area contributed by atoms with Crippen molar-refractivity contribution in [2.45, 2.75) is 0 Å². The van der Waals surface area contributed by atoms with E-state index in [9.17, 15) is 0 Å². The summed E-state index contributed by atoms with van der Waals surface area (Å²) in [7, 11) is 0. The molecule has 0 saturated heterocycles. The van der Waals surface area contributed by atoms with Crippen molar-refractivity contribution >= 4 is 45.0 Å². The van der Waals surface area contributed by atoms with Crippen molar-refractivity contribution in [1.29, 1.82) is 0 Å². The summed E-state index contributed by atoms with van der Waals surface area (Å²) in [4.78, 5) is 9.98. The maximum absolute atomic E-state index is 6.26. The Hall–Kier alpha value is -3.98. The van der Waals surface area contributed by atoms with Gasteiger partial charge in [0, 0.05) is 0 Å². The Balaban J connectivity index is 1.47. The molecule has 7 aromatic rings. The Morgan fingerprint density at radius 1 is 0.559 bits per heavy atom. The Morgan fingerprint density at radius 3 is 1.91 bits per heavy atom. The number of furan rings is 1. The summed E-state index contributed by atoms with van der Waals surface area (Å²) >= 11 is 0.204. The zero-order valence-corrected chi connectivity index (χ0v) is 19.8. The average Bonchev–Trinajstić information content (AvgIpc) is 3.45. The number of hydrogen-bond donors (Lipinski definition) is 0. The van der Waals surface area contributed by atoms with E-state index in [1.807, 2.05) is 36.4 Å². The van der Waals surface area contributed by atoms with Gasteiger partial charge in [0.15, 0.2) is 0 Å². The Kier molecular flexibility index (Phi) is 4.47. The topological polar surface area (TPSA) is 38.9 Å². The summed E-state index contributed by atoms with van der Waals surface area (Å²) in [6.07, 6.45) is 0. The van der Waals surface area contributed by atoms with Gasteiger partial charge in [-0.05, 0) is 0 Å². The first kappa shape index (κ1) is 19.5. The Bertz CT molecular complexity index is 1740. The van der Waals surface area contributed by atoms with Crippen LogP contribution in [0.1, 0.15) is 0 Å². The van der Waals surface area contributed by atoms with E-state index in [-0.39, 0.29) is 14.5 Å². The summed E-state index contributed by atoms with van der Waals surface area (Å²) < 4.78 is 8.74. The molecule has 0 saturated carbocycles. The molecular weight excluding hydrogens is 483 g/mol. The van der Waals surface area contributed by atoms with Crippen molar-refractivity contribution in [2.24, 2.45) is 0 Å². The van der Waals surface area contributed by atoms with Crippen molar-refractivity contribution in [3.8, 4) is 33.9 Å². The van der Waals surface area contributed by atoms with Crippen LogP contribution in [0.25, 0.3) is 64.4 Å². The van der Waals surface area contributed by atoms with Gasteiger partial charge in [0.2, 0.25) is 0 Å². The van der Waals surface area contributed by atoms with Gasteiger partial charge in [-0.25, -0.2) is 0 Å². The summed E-state index contributed by atoms with van der Waals surface area (Å²) in [5.41, 5.74) is 5.89. The number of fused-ring (bicyclic) bond motifs is 5. The predicted molar refractivity (Wildman–Crippen MR) is 140 cm³/mol. The summed E-state index contributed by atoms with van der Waals surface area (Å²) in [5.74, 6) is 0.717. The molecule has 0 radical (unpaired) electrons. The van der Waals surface area contributed by atoms with Gasteiger partial charge >= 0.3 is 202 Å². The first-order valence-corrected chi connectivity index (χ1v) is 12.9. The van der Waals surface area contributed by atoms with Crippen molar-refractivity contribution in [1.82, 2.24) is 9.97 Å². The molecule has 0 fully saturated rings. The van der Waals surface area contributed by atoms with Crippen LogP contribution in [0.2, 0.25) is 0 Å². The number of benzene rings is 4. The molecule has 0 N–H and O–H groups in total. The molecule has 0 spiro atoms. The SMILES string of the molecule is c1ccc(-c2cc(-c3ccccc3)nc(-c3ccc4oc5[se]c6ccccc6c5c4c3)n2)cc1. The molecule has 0 aliphatic heterocycles. The molecule has 34 heavy (non-hydrogen) atoms. The molecule has 0 unspecified atom stereocenters. The molecule has 0 atom stereocenters. The van der Waals surface area contributed by atoms with Crippen LogP contribution in [0.3, 0.4) is 0 Å². The van der Waals surface area contributed by atoms with E-state index in [1.165, 1.54) is 15.0 Å². The fourth-order valence-electron chi connectivity index (χ4n) is 4.49. The molecule has 3 heterocycles. The van der Waals surface area contributed by atoms with Gasteiger partial charge < -0.3 is 0 Å². The van der Waals surface area contributed by atoms with Crippen LogP contribution in [0, 0.1) is 0 Å². The third-order valence-electron chi connectivity index (χ3n) is 6.14. The van der Waals surface area contributed by atoms with Gasteiger partial charge in [0.1, 0.15) is 0 Å². The second-order valence-electron chi connectivity index (χ2n) is 8.27. The van der Waals surface area contributed by atoms with Gasteiger partial charge in [-0.15, -0.1) is 0 Å². The average molecular weight is 501 g/mol. The van der Waals surface area contributed by atoms with Crippen LogP contribution < -0.4 is 0 Å². The fraction of sp³-hybridized carbons (Fsp3) is 0. The van der Waals surface area contributed by atoms with Crippen LogP contribution in [0.4, 0.5) is 0 Å². The Morgan fingerprint density at radius 2 is 1.21 bits per heavy atom. The second kappa shape index (κ2) is 7.81. The van der Waals surface area contributed by atoms with E-state index in [0.717, 1.165) is 43.5 Å². The van der Waals surface area contributed by atoms with Crippen LogP contribution >= 0.6 is 0 Å². The maximum atomic E-state index is 6.26. The molecule has 0 amide bonds. The van der Waals surface area contributed by atoms with Gasteiger partial charge in [-0.3, -0.25) is 0 Å². The minimum atomic E-state index is 0.204. The molecule has 0 aliphatic carbocycles. The van der Waals surface area contributed by atoms with Crippen LogP contribution in [0.5, 0.6) is 0 Å². The van der Waals surface area contributed by atoms with Gasteiger partial charge in [0.25, 0.3) is 0 Å². The molecule has 7 rings (SSSR count). The third kappa shape index (κ3) is 3.19. The van der Waals surface area contributed by atoms with Crippen LogP contribution in [-0.2, 0) is 0 Å².